The van der Waals surface area contributed by atoms with E-state index in [1.807, 2.05) is 6.92 Å². The van der Waals surface area contributed by atoms with Crippen molar-refractivity contribution in [3.8, 4) is 5.75 Å². The van der Waals surface area contributed by atoms with E-state index in [0.29, 0.717) is 36.4 Å². The molecule has 1 fully saturated rings. The molecule has 4 heteroatoms. The number of likely N-dealkylation sites (tertiary alicyclic amines) is 1. The fourth-order valence-electron chi connectivity index (χ4n) is 3.26. The van der Waals surface area contributed by atoms with Crippen LogP contribution in [0.1, 0.15) is 56.8 Å². The van der Waals surface area contributed by atoms with Crippen molar-refractivity contribution in [1.82, 2.24) is 4.90 Å². The van der Waals surface area contributed by atoms with E-state index in [1.165, 1.54) is 19.3 Å². The van der Waals surface area contributed by atoms with Gasteiger partial charge in [0.25, 0.3) is 0 Å². The monoisotopic (exact) mass is 319 g/mol. The van der Waals surface area contributed by atoms with Crippen LogP contribution in [-0.2, 0) is 0 Å². The third-order valence-corrected chi connectivity index (χ3v) is 4.74. The van der Waals surface area contributed by atoms with Crippen LogP contribution in [0.15, 0.2) is 24.3 Å². The summed E-state index contributed by atoms with van der Waals surface area (Å²) in [5.41, 5.74) is 0.705. The topological polar surface area (TPSA) is 49.8 Å². The fraction of sp³-hybridized carbons (Fsp3) is 0.632. The van der Waals surface area contributed by atoms with E-state index in [-0.39, 0.29) is 12.4 Å². The smallest absolute Gasteiger partial charge is 0.162 e. The average Bonchev–Trinajstić information content (AvgIpc) is 2.56. The number of carbonyl (C=O) groups excluding carboxylic acids is 1. The molecule has 0 amide bonds. The molecule has 2 rings (SSSR count). The van der Waals surface area contributed by atoms with Crippen LogP contribution in [0.2, 0.25) is 0 Å². The van der Waals surface area contributed by atoms with Crippen molar-refractivity contribution in [2.45, 2.75) is 64.6 Å². The summed E-state index contributed by atoms with van der Waals surface area (Å²) in [5.74, 6) is 0.820. The second-order valence-electron chi connectivity index (χ2n) is 6.59. The number of Topliss-reactive ketones (excluding diaryl/α,β-unsaturated/α-hetero) is 1. The number of nitrogens with zero attached hydrogens (tertiary/aromatic N) is 1. The molecule has 128 valence electrons. The van der Waals surface area contributed by atoms with Crippen molar-refractivity contribution in [3.05, 3.63) is 29.8 Å². The number of aliphatic hydroxyl groups is 1. The highest BCUT2D eigenvalue weighted by Crippen LogP contribution is 2.22. The van der Waals surface area contributed by atoms with Crippen LogP contribution in [0, 0.1) is 0 Å². The highest BCUT2D eigenvalue weighted by atomic mass is 16.5. The van der Waals surface area contributed by atoms with Crippen molar-refractivity contribution in [3.63, 3.8) is 0 Å². The van der Waals surface area contributed by atoms with Crippen LogP contribution < -0.4 is 4.74 Å². The van der Waals surface area contributed by atoms with E-state index < -0.39 is 6.10 Å². The molecule has 0 saturated carbocycles. The third-order valence-electron chi connectivity index (χ3n) is 4.74. The summed E-state index contributed by atoms with van der Waals surface area (Å²) in [7, 11) is 0. The molecule has 1 aliphatic rings. The van der Waals surface area contributed by atoms with Gasteiger partial charge in [0, 0.05) is 30.6 Å². The second-order valence-corrected chi connectivity index (χ2v) is 6.59. The van der Waals surface area contributed by atoms with E-state index >= 15 is 0 Å². The largest absolute Gasteiger partial charge is 0.491 e. The summed E-state index contributed by atoms with van der Waals surface area (Å²) in [6, 6.07) is 8.19. The van der Waals surface area contributed by atoms with Gasteiger partial charge in [-0.1, -0.05) is 13.3 Å². The lowest BCUT2D eigenvalue weighted by molar-refractivity contribution is 0.0209. The Morgan fingerprint density at radius 1 is 1.26 bits per heavy atom. The lowest BCUT2D eigenvalue weighted by atomic mass is 9.97. The number of piperidine rings is 1. The van der Waals surface area contributed by atoms with E-state index in [2.05, 4.69) is 18.7 Å². The van der Waals surface area contributed by atoms with Gasteiger partial charge in [-0.25, -0.2) is 0 Å². The Balaban J connectivity index is 1.81. The Hall–Kier alpha value is -1.39. The zero-order valence-corrected chi connectivity index (χ0v) is 14.5. The number of ether oxygens (including phenoxy) is 1. The molecule has 3 atom stereocenters. The minimum absolute atomic E-state index is 0.129. The van der Waals surface area contributed by atoms with Crippen molar-refractivity contribution < 1.29 is 14.6 Å². The third kappa shape index (κ3) is 5.05. The molecule has 0 aliphatic carbocycles. The molecule has 1 heterocycles. The van der Waals surface area contributed by atoms with E-state index in [0.717, 1.165) is 0 Å². The normalized spacial score (nSPS) is 23.5. The lowest BCUT2D eigenvalue weighted by Crippen LogP contribution is -2.48. The lowest BCUT2D eigenvalue weighted by Gasteiger charge is -2.40. The summed E-state index contributed by atoms with van der Waals surface area (Å²) in [5, 5.41) is 10.3. The van der Waals surface area contributed by atoms with Crippen molar-refractivity contribution >= 4 is 5.78 Å². The first-order valence-corrected chi connectivity index (χ1v) is 8.71. The maximum absolute atomic E-state index is 11.6. The van der Waals surface area contributed by atoms with Gasteiger partial charge < -0.3 is 9.84 Å². The zero-order valence-electron chi connectivity index (χ0n) is 14.5. The summed E-state index contributed by atoms with van der Waals surface area (Å²) in [4.78, 5) is 14.0. The van der Waals surface area contributed by atoms with Crippen LogP contribution in [0.4, 0.5) is 0 Å². The summed E-state index contributed by atoms with van der Waals surface area (Å²) in [6.07, 6.45) is 3.67. The highest BCUT2D eigenvalue weighted by Gasteiger charge is 2.26. The molecule has 23 heavy (non-hydrogen) atoms. The molecule has 1 N–H and O–H groups in total. The number of β-amino-alcohol motifs (C(OH)–C–C–N with tert-alkyl or cyclic N) is 1. The van der Waals surface area contributed by atoms with Gasteiger partial charge in [0.05, 0.1) is 0 Å². The van der Waals surface area contributed by atoms with Crippen molar-refractivity contribution in [2.75, 3.05) is 13.2 Å². The Morgan fingerprint density at radius 3 is 2.43 bits per heavy atom. The predicted molar refractivity (Wildman–Crippen MR) is 92.0 cm³/mol. The Morgan fingerprint density at radius 2 is 1.87 bits per heavy atom. The zero-order chi connectivity index (χ0) is 16.8. The van der Waals surface area contributed by atoms with E-state index in [1.54, 1.807) is 24.3 Å². The fourth-order valence-corrected chi connectivity index (χ4v) is 3.26. The standard InChI is InChI=1S/C19H29NO3/c1-4-19(22)16-8-10-18(11-9-16)23-13-17(21)12-20-14(2)6-5-7-15(20)3/h8-11,14-15,17,21H,4-7,12-13H2,1-3H3/t14-,15+,17-/m0/s1. The molecule has 0 spiro atoms. The first-order valence-electron chi connectivity index (χ1n) is 8.71. The SMILES string of the molecule is CCC(=O)c1ccc(OC[C@@H](O)CN2[C@H](C)CCC[C@@H]2C)cc1. The average molecular weight is 319 g/mol. The molecule has 0 aromatic heterocycles. The Labute approximate surface area is 139 Å². The number of rotatable bonds is 7. The van der Waals surface area contributed by atoms with Gasteiger partial charge in [0.15, 0.2) is 5.78 Å². The Kier molecular flexibility index (Phi) is 6.60. The number of ketones is 1. The summed E-state index contributed by atoms with van der Waals surface area (Å²) in [6.45, 7) is 7.23. The van der Waals surface area contributed by atoms with Crippen LogP contribution in [0.25, 0.3) is 0 Å². The van der Waals surface area contributed by atoms with Crippen LogP contribution >= 0.6 is 0 Å². The maximum Gasteiger partial charge on any atom is 0.162 e. The van der Waals surface area contributed by atoms with Gasteiger partial charge >= 0.3 is 0 Å². The van der Waals surface area contributed by atoms with Crippen molar-refractivity contribution in [2.24, 2.45) is 0 Å². The number of carbonyl (C=O) groups is 1. The molecule has 4 nitrogen and oxygen atoms in total. The molecular formula is C19H29NO3. The Bertz CT molecular complexity index is 490. The highest BCUT2D eigenvalue weighted by molar-refractivity contribution is 5.95. The molecule has 1 aromatic carbocycles. The molecular weight excluding hydrogens is 290 g/mol. The van der Waals surface area contributed by atoms with Gasteiger partial charge in [-0.2, -0.15) is 0 Å². The molecule has 1 saturated heterocycles. The van der Waals surface area contributed by atoms with Gasteiger partial charge in [0.2, 0.25) is 0 Å². The minimum Gasteiger partial charge on any atom is -0.491 e. The first kappa shape index (κ1) is 18.0. The van der Waals surface area contributed by atoms with Crippen LogP contribution in [-0.4, -0.2) is 47.1 Å². The van der Waals surface area contributed by atoms with Gasteiger partial charge in [0.1, 0.15) is 18.5 Å². The van der Waals surface area contributed by atoms with Gasteiger partial charge in [-0.05, 0) is 51.0 Å². The van der Waals surface area contributed by atoms with Crippen molar-refractivity contribution in [1.29, 1.82) is 0 Å². The van der Waals surface area contributed by atoms with E-state index in [4.69, 9.17) is 4.74 Å². The quantitative estimate of drug-likeness (QED) is 0.784. The predicted octanol–water partition coefficient (Wildman–Crippen LogP) is 3.28. The van der Waals surface area contributed by atoms with Crippen LogP contribution in [0.5, 0.6) is 5.75 Å². The molecule has 0 unspecified atom stereocenters. The number of hydrogen-bond donors (Lipinski definition) is 1. The second kappa shape index (κ2) is 8.46. The number of hydrogen-bond acceptors (Lipinski definition) is 4. The minimum atomic E-state index is -0.505. The molecule has 1 aromatic rings. The molecule has 1 aliphatic heterocycles. The van der Waals surface area contributed by atoms with Gasteiger partial charge in [-0.3, -0.25) is 9.69 Å². The van der Waals surface area contributed by atoms with E-state index in [9.17, 15) is 9.90 Å². The first-order chi connectivity index (χ1) is 11.0. The summed E-state index contributed by atoms with van der Waals surface area (Å²) < 4.78 is 5.66. The summed E-state index contributed by atoms with van der Waals surface area (Å²) >= 11 is 0. The number of benzene rings is 1. The van der Waals surface area contributed by atoms with Gasteiger partial charge in [-0.15, -0.1) is 0 Å². The molecule has 0 bridgehead atoms. The number of aliphatic hydroxyl groups excluding tert-OH is 1. The maximum atomic E-state index is 11.6. The van der Waals surface area contributed by atoms with Crippen LogP contribution in [0.3, 0.4) is 0 Å². The molecule has 0 radical (unpaired) electrons.